The summed E-state index contributed by atoms with van der Waals surface area (Å²) in [4.78, 5) is 17.4. The van der Waals surface area contributed by atoms with Gasteiger partial charge in [-0.1, -0.05) is 35.3 Å². The van der Waals surface area contributed by atoms with Crippen LogP contribution >= 0.6 is 34.5 Å². The second-order valence-electron chi connectivity index (χ2n) is 5.72. The normalized spacial score (nSPS) is 11.1. The van der Waals surface area contributed by atoms with Gasteiger partial charge in [0.05, 0.1) is 0 Å². The van der Waals surface area contributed by atoms with Crippen molar-refractivity contribution < 1.29 is 9.18 Å². The molecule has 0 aliphatic rings. The second kappa shape index (κ2) is 8.98. The molecule has 28 heavy (non-hydrogen) atoms. The first-order chi connectivity index (χ1) is 13.4. The smallest absolute Gasteiger partial charge is 0.268 e. The van der Waals surface area contributed by atoms with E-state index in [-0.39, 0.29) is 5.57 Å². The molecule has 0 aliphatic heterocycles. The van der Waals surface area contributed by atoms with Crippen molar-refractivity contribution in [2.45, 2.75) is 6.42 Å². The number of hydrogen-bond donors (Lipinski definition) is 1. The van der Waals surface area contributed by atoms with Crippen LogP contribution in [0.1, 0.15) is 16.0 Å². The van der Waals surface area contributed by atoms with Gasteiger partial charge in [-0.15, -0.1) is 11.3 Å². The van der Waals surface area contributed by atoms with Crippen LogP contribution in [-0.2, 0) is 11.2 Å². The summed E-state index contributed by atoms with van der Waals surface area (Å²) in [5.41, 5.74) is 1.29. The molecule has 3 rings (SSSR count). The molecular formula is C20H12Cl2FN3OS. The largest absolute Gasteiger partial charge is 0.297 e. The molecule has 0 spiro atoms. The highest BCUT2D eigenvalue weighted by molar-refractivity contribution is 7.15. The molecule has 8 heteroatoms. The lowest BCUT2D eigenvalue weighted by Crippen LogP contribution is -2.13. The van der Waals surface area contributed by atoms with Crippen molar-refractivity contribution in [1.29, 1.82) is 5.26 Å². The molecule has 0 fully saturated rings. The summed E-state index contributed by atoms with van der Waals surface area (Å²) < 4.78 is 13.0. The average Bonchev–Trinajstić information content (AvgIpc) is 3.11. The van der Waals surface area contributed by atoms with Crippen LogP contribution in [0.3, 0.4) is 0 Å². The number of halogens is 3. The first-order valence-corrected chi connectivity index (χ1v) is 9.59. The van der Waals surface area contributed by atoms with E-state index in [9.17, 15) is 14.4 Å². The number of nitrogens with zero attached hydrogens (tertiary/aromatic N) is 2. The maximum absolute atomic E-state index is 13.0. The van der Waals surface area contributed by atoms with Crippen molar-refractivity contribution in [3.8, 4) is 6.07 Å². The summed E-state index contributed by atoms with van der Waals surface area (Å²) in [7, 11) is 0. The van der Waals surface area contributed by atoms with E-state index in [4.69, 9.17) is 23.2 Å². The van der Waals surface area contributed by atoms with Crippen molar-refractivity contribution in [3.63, 3.8) is 0 Å². The Balaban J connectivity index is 1.71. The predicted molar refractivity (Wildman–Crippen MR) is 110 cm³/mol. The number of amides is 1. The van der Waals surface area contributed by atoms with Gasteiger partial charge in [0.2, 0.25) is 0 Å². The van der Waals surface area contributed by atoms with Crippen LogP contribution in [0.5, 0.6) is 0 Å². The Morgan fingerprint density at radius 3 is 2.71 bits per heavy atom. The minimum absolute atomic E-state index is 0.110. The first-order valence-electron chi connectivity index (χ1n) is 8.02. The number of anilines is 1. The Morgan fingerprint density at radius 2 is 2.00 bits per heavy atom. The van der Waals surface area contributed by atoms with Crippen LogP contribution in [0.4, 0.5) is 9.52 Å². The minimum atomic E-state index is -0.589. The number of nitriles is 1. The van der Waals surface area contributed by atoms with Crippen molar-refractivity contribution >= 4 is 51.7 Å². The van der Waals surface area contributed by atoms with E-state index in [0.717, 1.165) is 10.4 Å². The van der Waals surface area contributed by atoms with Crippen molar-refractivity contribution in [3.05, 3.63) is 86.1 Å². The SMILES string of the molecule is N#C/C(=C\c1ccc(F)cc1)C(=O)Nc1ncc(Cc2cc(Cl)ccc2Cl)s1. The van der Waals surface area contributed by atoms with Gasteiger partial charge >= 0.3 is 0 Å². The average molecular weight is 432 g/mol. The summed E-state index contributed by atoms with van der Waals surface area (Å²) in [6.45, 7) is 0. The van der Waals surface area contributed by atoms with Crippen molar-refractivity contribution in [2.75, 3.05) is 5.32 Å². The Bertz CT molecular complexity index is 1090. The lowest BCUT2D eigenvalue weighted by atomic mass is 10.1. The van der Waals surface area contributed by atoms with Crippen LogP contribution < -0.4 is 5.32 Å². The molecular weight excluding hydrogens is 420 g/mol. The molecule has 1 heterocycles. The number of thiazole rings is 1. The first kappa shape index (κ1) is 20.0. The van der Waals surface area contributed by atoms with Crippen LogP contribution in [0.25, 0.3) is 6.08 Å². The molecule has 0 radical (unpaired) electrons. The molecule has 3 aromatic rings. The van der Waals surface area contributed by atoms with E-state index >= 15 is 0 Å². The highest BCUT2D eigenvalue weighted by Gasteiger charge is 2.13. The van der Waals surface area contributed by atoms with Gasteiger partial charge in [0.1, 0.15) is 17.5 Å². The maximum atomic E-state index is 13.0. The number of benzene rings is 2. The van der Waals surface area contributed by atoms with Gasteiger partial charge in [0.25, 0.3) is 5.91 Å². The summed E-state index contributed by atoms with van der Waals surface area (Å²) in [5.74, 6) is -0.983. The van der Waals surface area contributed by atoms with E-state index < -0.39 is 11.7 Å². The van der Waals surface area contributed by atoms with Gasteiger partial charge in [0, 0.05) is 27.5 Å². The van der Waals surface area contributed by atoms with E-state index in [1.807, 2.05) is 6.07 Å². The van der Waals surface area contributed by atoms with E-state index in [1.165, 1.54) is 41.7 Å². The fraction of sp³-hybridized carbons (Fsp3) is 0.0500. The maximum Gasteiger partial charge on any atom is 0.268 e. The molecule has 1 N–H and O–H groups in total. The second-order valence-corrected chi connectivity index (χ2v) is 7.68. The van der Waals surface area contributed by atoms with Gasteiger partial charge in [-0.3, -0.25) is 10.1 Å². The molecule has 0 unspecified atom stereocenters. The summed E-state index contributed by atoms with van der Waals surface area (Å²) in [6, 6.07) is 12.5. The van der Waals surface area contributed by atoms with Crippen LogP contribution in [0.2, 0.25) is 10.0 Å². The summed E-state index contributed by atoms with van der Waals surface area (Å²) in [5, 5.41) is 13.4. The van der Waals surface area contributed by atoms with Crippen LogP contribution in [0.15, 0.2) is 54.2 Å². The quantitative estimate of drug-likeness (QED) is 0.414. The summed E-state index contributed by atoms with van der Waals surface area (Å²) >= 11 is 13.4. The van der Waals surface area contributed by atoms with Gasteiger partial charge < -0.3 is 0 Å². The molecule has 0 aliphatic carbocycles. The zero-order chi connectivity index (χ0) is 20.1. The number of nitrogens with one attached hydrogen (secondary N) is 1. The van der Waals surface area contributed by atoms with Gasteiger partial charge in [-0.05, 0) is 47.5 Å². The lowest BCUT2D eigenvalue weighted by molar-refractivity contribution is -0.112. The van der Waals surface area contributed by atoms with Crippen molar-refractivity contribution in [1.82, 2.24) is 4.98 Å². The third-order valence-corrected chi connectivity index (χ3v) is 5.21. The van der Waals surface area contributed by atoms with Crippen LogP contribution in [0, 0.1) is 17.1 Å². The Hall–Kier alpha value is -2.72. The Morgan fingerprint density at radius 1 is 1.25 bits per heavy atom. The highest BCUT2D eigenvalue weighted by atomic mass is 35.5. The van der Waals surface area contributed by atoms with Crippen molar-refractivity contribution in [2.24, 2.45) is 0 Å². The van der Waals surface area contributed by atoms with E-state index in [2.05, 4.69) is 10.3 Å². The molecule has 0 bridgehead atoms. The van der Waals surface area contributed by atoms with Gasteiger partial charge in [-0.25, -0.2) is 9.37 Å². The zero-order valence-electron chi connectivity index (χ0n) is 14.2. The van der Waals surface area contributed by atoms with Gasteiger partial charge in [0.15, 0.2) is 5.13 Å². The zero-order valence-corrected chi connectivity index (χ0v) is 16.6. The number of carbonyl (C=O) groups excluding carboxylic acids is 1. The molecule has 0 atom stereocenters. The molecule has 0 saturated heterocycles. The Kier molecular flexibility index (Phi) is 6.42. The lowest BCUT2D eigenvalue weighted by Gasteiger charge is -2.03. The number of aromatic nitrogens is 1. The highest BCUT2D eigenvalue weighted by Crippen LogP contribution is 2.27. The number of hydrogen-bond acceptors (Lipinski definition) is 4. The number of carbonyl (C=O) groups is 1. The minimum Gasteiger partial charge on any atom is -0.297 e. The van der Waals surface area contributed by atoms with E-state index in [0.29, 0.717) is 27.2 Å². The third-order valence-electron chi connectivity index (χ3n) is 3.69. The Labute approximate surface area is 174 Å². The molecule has 2 aromatic carbocycles. The fourth-order valence-corrected chi connectivity index (χ4v) is 3.56. The standard InChI is InChI=1S/C20H12Cl2FN3OS/c21-15-3-6-18(22)13(8-15)9-17-11-25-20(28-17)26-19(27)14(10-24)7-12-1-4-16(23)5-2-12/h1-8,11H,9H2,(H,25,26,27)/b14-7+. The van der Waals surface area contributed by atoms with Crippen LogP contribution in [-0.4, -0.2) is 10.9 Å². The third kappa shape index (κ3) is 5.17. The van der Waals surface area contributed by atoms with E-state index in [1.54, 1.807) is 24.4 Å². The molecule has 4 nitrogen and oxygen atoms in total. The summed E-state index contributed by atoms with van der Waals surface area (Å²) in [6.07, 6.45) is 3.53. The van der Waals surface area contributed by atoms with Gasteiger partial charge in [-0.2, -0.15) is 5.26 Å². The number of rotatable bonds is 5. The molecule has 1 aromatic heterocycles. The molecule has 140 valence electrons. The molecule has 0 saturated carbocycles. The molecule has 1 amide bonds. The monoisotopic (exact) mass is 431 g/mol. The topological polar surface area (TPSA) is 65.8 Å². The fourth-order valence-electron chi connectivity index (χ4n) is 2.35. The predicted octanol–water partition coefficient (Wildman–Crippen LogP) is 5.73.